The quantitative estimate of drug-likeness (QED) is 0.107. The minimum atomic E-state index is -0.658. The van der Waals surface area contributed by atoms with E-state index in [1.54, 1.807) is 24.0 Å². The molecule has 0 saturated heterocycles. The second kappa shape index (κ2) is 11.3. The first-order chi connectivity index (χ1) is 24.9. The first kappa shape index (κ1) is 33.4. The molecule has 4 aromatic rings. The van der Waals surface area contributed by atoms with Crippen molar-refractivity contribution in [3.63, 3.8) is 0 Å². The number of anilines is 2. The van der Waals surface area contributed by atoms with Gasteiger partial charge in [-0.25, -0.2) is 0 Å². The summed E-state index contributed by atoms with van der Waals surface area (Å²) < 4.78 is 11.3. The molecule has 5 aliphatic rings. The van der Waals surface area contributed by atoms with Crippen LogP contribution in [0.15, 0.2) is 54.6 Å². The third kappa shape index (κ3) is 4.38. The van der Waals surface area contributed by atoms with Crippen molar-refractivity contribution < 1.29 is 33.4 Å². The van der Waals surface area contributed by atoms with Crippen molar-refractivity contribution in [2.45, 2.75) is 58.3 Å². The van der Waals surface area contributed by atoms with Gasteiger partial charge in [-0.1, -0.05) is 42.5 Å². The van der Waals surface area contributed by atoms with Crippen LogP contribution in [-0.2, 0) is 30.4 Å². The molecule has 5 atom stereocenters. The molecule has 9 rings (SSSR count). The molecular weight excluding hydrogens is 703 g/mol. The zero-order valence-electron chi connectivity index (χ0n) is 29.0. The van der Waals surface area contributed by atoms with Crippen LogP contribution in [0.25, 0.3) is 21.5 Å². The van der Waals surface area contributed by atoms with Gasteiger partial charge in [0.2, 0.25) is 11.8 Å². The summed E-state index contributed by atoms with van der Waals surface area (Å²) in [6, 6.07) is 16.9. The maximum atomic E-state index is 14.7. The first-order valence-electron chi connectivity index (χ1n) is 17.7. The molecule has 2 amide bonds. The summed E-state index contributed by atoms with van der Waals surface area (Å²) in [6.07, 6.45) is 1.97. The molecule has 0 radical (unpaired) electrons. The lowest BCUT2D eigenvalue weighted by molar-refractivity contribution is -0.134. The summed E-state index contributed by atoms with van der Waals surface area (Å²) in [5, 5.41) is 3.22. The number of esters is 2. The lowest BCUT2D eigenvalue weighted by Gasteiger charge is -2.37. The maximum absolute atomic E-state index is 14.7. The molecule has 0 N–H and O–H groups in total. The van der Waals surface area contributed by atoms with Crippen LogP contribution >= 0.6 is 23.2 Å². The fourth-order valence-corrected chi connectivity index (χ4v) is 10.8. The zero-order chi connectivity index (χ0) is 36.5. The zero-order valence-corrected chi connectivity index (χ0v) is 30.5. The molecule has 11 heteroatoms. The van der Waals surface area contributed by atoms with Gasteiger partial charge in [0, 0.05) is 85.3 Å². The highest BCUT2D eigenvalue weighted by molar-refractivity contribution is 6.20. The molecule has 266 valence electrons. The maximum Gasteiger partial charge on any atom is 0.308 e. The molecule has 3 saturated carbocycles. The lowest BCUT2D eigenvalue weighted by atomic mass is 9.72. The number of ether oxygens (including phenoxy) is 2. The number of hydrogen-bond acceptors (Lipinski definition) is 7. The Balaban J connectivity index is 1.05. The molecular formula is C41H36Cl2N2O7. The van der Waals surface area contributed by atoms with Gasteiger partial charge in [0.15, 0.2) is 0 Å². The number of Topliss-reactive ketones (excluding diaryl/α,β-unsaturated/α-hetero) is 1. The summed E-state index contributed by atoms with van der Waals surface area (Å²) >= 11 is 13.1. The van der Waals surface area contributed by atoms with Crippen molar-refractivity contribution >= 4 is 85.7 Å². The molecule has 3 fully saturated rings. The number of ketones is 1. The average Bonchev–Trinajstić information content (AvgIpc) is 3.62. The molecule has 1 spiro atoms. The van der Waals surface area contributed by atoms with Gasteiger partial charge in [0.1, 0.15) is 17.3 Å². The van der Waals surface area contributed by atoms with E-state index < -0.39 is 28.2 Å². The smallest absolute Gasteiger partial charge is 0.308 e. The minimum Gasteiger partial charge on any atom is -0.426 e. The van der Waals surface area contributed by atoms with E-state index in [4.69, 9.17) is 32.7 Å². The van der Waals surface area contributed by atoms with E-state index in [2.05, 4.69) is 0 Å². The van der Waals surface area contributed by atoms with Crippen molar-refractivity contribution in [3.8, 4) is 11.5 Å². The molecule has 0 aromatic heterocycles. The van der Waals surface area contributed by atoms with E-state index in [1.165, 1.54) is 13.8 Å². The van der Waals surface area contributed by atoms with Crippen LogP contribution in [-0.4, -0.2) is 54.4 Å². The number of halogens is 2. The third-order valence-electron chi connectivity index (χ3n) is 12.4. The summed E-state index contributed by atoms with van der Waals surface area (Å²) in [5.74, 6) is 0.140. The fourth-order valence-electron chi connectivity index (χ4n) is 10.3. The second-order valence-corrected chi connectivity index (χ2v) is 16.0. The van der Waals surface area contributed by atoms with Crippen LogP contribution in [0, 0.1) is 16.2 Å². The number of alkyl halides is 2. The van der Waals surface area contributed by atoms with Crippen LogP contribution in [0.5, 0.6) is 11.5 Å². The van der Waals surface area contributed by atoms with Gasteiger partial charge >= 0.3 is 11.9 Å². The van der Waals surface area contributed by atoms with Gasteiger partial charge < -0.3 is 19.3 Å². The lowest BCUT2D eigenvalue weighted by Crippen LogP contribution is -2.49. The number of hydrogen-bond donors (Lipinski definition) is 0. The van der Waals surface area contributed by atoms with Crippen molar-refractivity contribution in [2.75, 3.05) is 34.6 Å². The minimum absolute atomic E-state index is 0.00653. The van der Waals surface area contributed by atoms with Gasteiger partial charge in [-0.05, 0) is 53.6 Å². The molecule has 3 unspecified atom stereocenters. The van der Waals surface area contributed by atoms with Crippen molar-refractivity contribution in [3.05, 3.63) is 71.3 Å². The number of carbonyl (C=O) groups excluding carboxylic acids is 5. The van der Waals surface area contributed by atoms with E-state index >= 15 is 0 Å². The molecule has 9 nitrogen and oxygen atoms in total. The second-order valence-electron chi connectivity index (χ2n) is 15.4. The van der Waals surface area contributed by atoms with Gasteiger partial charge in [-0.3, -0.25) is 24.0 Å². The Morgan fingerprint density at radius 3 is 1.65 bits per heavy atom. The topological polar surface area (TPSA) is 110 Å². The summed E-state index contributed by atoms with van der Waals surface area (Å²) in [6.45, 7) is 5.02. The Kier molecular flexibility index (Phi) is 7.23. The summed E-state index contributed by atoms with van der Waals surface area (Å²) in [5.41, 5.74) is 2.36. The molecule has 2 heterocycles. The van der Waals surface area contributed by atoms with E-state index in [1.807, 2.05) is 47.4 Å². The van der Waals surface area contributed by atoms with Crippen molar-refractivity contribution in [1.29, 1.82) is 0 Å². The largest absolute Gasteiger partial charge is 0.426 e. The number of fused-ring (bicyclic) bond motifs is 6. The van der Waals surface area contributed by atoms with Crippen LogP contribution in [0.3, 0.4) is 0 Å². The first-order valence-corrected chi connectivity index (χ1v) is 18.7. The summed E-state index contributed by atoms with van der Waals surface area (Å²) in [4.78, 5) is 69.3. The van der Waals surface area contributed by atoms with E-state index in [-0.39, 0.29) is 41.7 Å². The molecule has 52 heavy (non-hydrogen) atoms. The fraction of sp³-hybridized carbons (Fsp3) is 0.390. The normalized spacial score (nSPS) is 27.3. The highest BCUT2D eigenvalue weighted by Crippen LogP contribution is 3.01. The van der Waals surface area contributed by atoms with Crippen molar-refractivity contribution in [2.24, 2.45) is 16.2 Å². The Bertz CT molecular complexity index is 2340. The van der Waals surface area contributed by atoms with Crippen LogP contribution in [0.4, 0.5) is 11.4 Å². The Labute approximate surface area is 310 Å². The van der Waals surface area contributed by atoms with E-state index in [9.17, 15) is 24.0 Å². The third-order valence-corrected chi connectivity index (χ3v) is 13.2. The number of nitrogens with zero attached hydrogens (tertiary/aromatic N) is 2. The van der Waals surface area contributed by atoms with Crippen LogP contribution in [0.2, 0.25) is 0 Å². The molecule has 2 aliphatic heterocycles. The van der Waals surface area contributed by atoms with Crippen LogP contribution < -0.4 is 19.3 Å². The van der Waals surface area contributed by atoms with Crippen molar-refractivity contribution in [1.82, 2.24) is 0 Å². The average molecular weight is 740 g/mol. The van der Waals surface area contributed by atoms with Gasteiger partial charge in [-0.2, -0.15) is 0 Å². The number of rotatable bonds is 8. The standard InChI is InChI=1S/C41H36Cl2N2O7/c1-21(46)10-24-8-9-28-30(11-24)36-26(15-43)17-45(32(36)13-34(28)52-23(3)48)38(50)40-18-39(19-41(39,40)20-40)37(49)44-16-25(14-42)35-29-7-5-4-6-27(29)33(12-31(35)44)51-22(2)47/h4-9,11-13,25-26H,10,14-20H2,1-3H3/t25-,26+,39?,40?,41?/m1/s1. The predicted molar refractivity (Wildman–Crippen MR) is 198 cm³/mol. The number of benzene rings is 4. The highest BCUT2D eigenvalue weighted by Gasteiger charge is 3.01. The van der Waals surface area contributed by atoms with Gasteiger partial charge in [-0.15, -0.1) is 23.2 Å². The Morgan fingerprint density at radius 1 is 0.673 bits per heavy atom. The monoisotopic (exact) mass is 738 g/mol. The van der Waals surface area contributed by atoms with Gasteiger partial charge in [0.25, 0.3) is 0 Å². The summed E-state index contributed by atoms with van der Waals surface area (Å²) in [7, 11) is 0. The predicted octanol–water partition coefficient (Wildman–Crippen LogP) is 7.18. The van der Waals surface area contributed by atoms with E-state index in [0.717, 1.165) is 32.8 Å². The van der Waals surface area contributed by atoms with E-state index in [0.29, 0.717) is 66.5 Å². The van der Waals surface area contributed by atoms with Gasteiger partial charge in [0.05, 0.1) is 22.2 Å². The molecule has 3 aliphatic carbocycles. The Morgan fingerprint density at radius 2 is 1.17 bits per heavy atom. The Hall–Kier alpha value is -4.47. The number of carbonyl (C=O) groups is 5. The molecule has 4 aromatic carbocycles. The molecule has 0 bridgehead atoms. The number of amides is 2. The van der Waals surface area contributed by atoms with Crippen LogP contribution in [0.1, 0.15) is 68.6 Å². The SMILES string of the molecule is CC(=O)Cc1ccc2c(OC(C)=O)cc3c(c2c1)[C@@H](CCl)CN3C(=O)C12CC3(C(=O)N4C[C@@H](CCl)c5c4cc(OC(C)=O)c4ccccc54)CC31C2. The highest BCUT2D eigenvalue weighted by atomic mass is 35.5.